The summed E-state index contributed by atoms with van der Waals surface area (Å²) in [5, 5.41) is 10.6. The monoisotopic (exact) mass is 272 g/mol. The molecule has 1 aromatic heterocycles. The summed E-state index contributed by atoms with van der Waals surface area (Å²) in [7, 11) is 0. The Bertz CT molecular complexity index is 708. The van der Waals surface area contributed by atoms with Crippen LogP contribution in [0.2, 0.25) is 0 Å². The second kappa shape index (κ2) is 5.12. The Morgan fingerprint density at radius 2 is 1.95 bits per heavy atom. The number of para-hydroxylation sites is 1. The summed E-state index contributed by atoms with van der Waals surface area (Å²) in [6.07, 6.45) is 4.63. The largest absolute Gasteiger partial charge is 0.506 e. The maximum absolute atomic E-state index is 12.3. The lowest BCUT2D eigenvalue weighted by molar-refractivity contribution is 0.0956. The Kier molecular flexibility index (Phi) is 3.30. The third-order valence-electron chi connectivity index (χ3n) is 4.01. The van der Waals surface area contributed by atoms with Crippen LogP contribution in [0.3, 0.4) is 0 Å². The molecule has 0 atom stereocenters. The van der Waals surface area contributed by atoms with Crippen molar-refractivity contribution in [2.24, 2.45) is 5.92 Å². The van der Waals surface area contributed by atoms with Gasteiger partial charge in [-0.15, -0.1) is 0 Å². The summed E-state index contributed by atoms with van der Waals surface area (Å²) >= 11 is 0. The zero-order chi connectivity index (χ0) is 14.1. The van der Waals surface area contributed by atoms with Gasteiger partial charge in [-0.3, -0.25) is 4.79 Å². The lowest BCUT2D eigenvalue weighted by atomic mass is 9.97. The average Bonchev–Trinajstić information content (AvgIpc) is 2.91. The van der Waals surface area contributed by atoms with E-state index in [0.717, 1.165) is 25.7 Å². The molecule has 1 fully saturated rings. The first-order valence-electron chi connectivity index (χ1n) is 6.95. The fourth-order valence-electron chi connectivity index (χ4n) is 2.96. The molecular weight excluding hydrogens is 256 g/mol. The predicted octanol–water partition coefficient (Wildman–Crippen LogP) is 3.26. The third kappa shape index (κ3) is 2.22. The van der Waals surface area contributed by atoms with Crippen LogP contribution in [0.25, 0.3) is 11.0 Å². The summed E-state index contributed by atoms with van der Waals surface area (Å²) in [6, 6.07) is 6.68. The Hall–Kier alpha value is -2.10. The molecule has 4 nitrogen and oxygen atoms in total. The van der Waals surface area contributed by atoms with E-state index >= 15 is 0 Å². The number of rotatable bonds is 3. The van der Waals surface area contributed by atoms with Crippen molar-refractivity contribution in [3.05, 3.63) is 40.2 Å². The van der Waals surface area contributed by atoms with Crippen molar-refractivity contribution in [2.45, 2.75) is 32.1 Å². The molecule has 0 saturated heterocycles. The van der Waals surface area contributed by atoms with Crippen molar-refractivity contribution < 1.29 is 14.3 Å². The quantitative estimate of drug-likeness (QED) is 0.688. The number of carbonyl (C=O) groups excluding carboxylic acids is 1. The van der Waals surface area contributed by atoms with Crippen LogP contribution < -0.4 is 5.63 Å². The number of benzene rings is 1. The molecule has 0 bridgehead atoms. The van der Waals surface area contributed by atoms with Crippen LogP contribution >= 0.6 is 0 Å². The molecule has 1 heterocycles. The van der Waals surface area contributed by atoms with Crippen molar-refractivity contribution in [1.29, 1.82) is 0 Å². The maximum atomic E-state index is 12.3. The van der Waals surface area contributed by atoms with Crippen LogP contribution in [0, 0.1) is 5.92 Å². The Labute approximate surface area is 116 Å². The van der Waals surface area contributed by atoms with E-state index in [4.69, 9.17) is 4.42 Å². The van der Waals surface area contributed by atoms with Crippen molar-refractivity contribution in [3.63, 3.8) is 0 Å². The number of hydrogen-bond acceptors (Lipinski definition) is 4. The van der Waals surface area contributed by atoms with Gasteiger partial charge in [0.05, 0.1) is 5.39 Å². The number of ketones is 1. The van der Waals surface area contributed by atoms with Gasteiger partial charge < -0.3 is 9.52 Å². The molecule has 0 amide bonds. The fourth-order valence-corrected chi connectivity index (χ4v) is 2.96. The van der Waals surface area contributed by atoms with E-state index in [1.54, 1.807) is 24.3 Å². The molecule has 3 rings (SSSR count). The molecule has 1 aliphatic carbocycles. The highest BCUT2D eigenvalue weighted by Crippen LogP contribution is 2.31. The van der Waals surface area contributed by atoms with E-state index in [1.807, 2.05) is 0 Å². The van der Waals surface area contributed by atoms with Crippen molar-refractivity contribution in [3.8, 4) is 5.75 Å². The van der Waals surface area contributed by atoms with Crippen LogP contribution in [0.15, 0.2) is 33.5 Å². The van der Waals surface area contributed by atoms with Gasteiger partial charge in [0.2, 0.25) is 0 Å². The molecule has 0 unspecified atom stereocenters. The van der Waals surface area contributed by atoms with Gasteiger partial charge in [0, 0.05) is 6.42 Å². The predicted molar refractivity (Wildman–Crippen MR) is 75.1 cm³/mol. The molecule has 1 N–H and O–H groups in total. The van der Waals surface area contributed by atoms with Gasteiger partial charge in [0.15, 0.2) is 5.78 Å². The van der Waals surface area contributed by atoms with Crippen molar-refractivity contribution in [1.82, 2.24) is 0 Å². The van der Waals surface area contributed by atoms with Gasteiger partial charge >= 0.3 is 5.63 Å². The van der Waals surface area contributed by atoms with E-state index in [0.29, 0.717) is 23.3 Å². The van der Waals surface area contributed by atoms with Gasteiger partial charge in [-0.05, 0) is 18.1 Å². The number of carbonyl (C=O) groups is 1. The van der Waals surface area contributed by atoms with Crippen LogP contribution in [-0.2, 0) is 0 Å². The lowest BCUT2D eigenvalue weighted by Crippen LogP contribution is -2.16. The normalized spacial score (nSPS) is 15.8. The van der Waals surface area contributed by atoms with E-state index in [9.17, 15) is 14.7 Å². The van der Waals surface area contributed by atoms with Gasteiger partial charge in [-0.1, -0.05) is 37.8 Å². The second-order valence-electron chi connectivity index (χ2n) is 5.39. The molecule has 1 aromatic carbocycles. The molecule has 0 aliphatic heterocycles. The van der Waals surface area contributed by atoms with E-state index < -0.39 is 5.63 Å². The second-order valence-corrected chi connectivity index (χ2v) is 5.39. The zero-order valence-electron chi connectivity index (χ0n) is 11.1. The van der Waals surface area contributed by atoms with Gasteiger partial charge in [-0.25, -0.2) is 4.79 Å². The summed E-state index contributed by atoms with van der Waals surface area (Å²) in [4.78, 5) is 24.2. The molecule has 0 radical (unpaired) electrons. The summed E-state index contributed by atoms with van der Waals surface area (Å²) in [5.74, 6) is -0.235. The molecule has 104 valence electrons. The highest BCUT2D eigenvalue weighted by Gasteiger charge is 2.25. The van der Waals surface area contributed by atoms with Crippen LogP contribution in [0.5, 0.6) is 5.75 Å². The van der Waals surface area contributed by atoms with Crippen molar-refractivity contribution >= 4 is 16.8 Å². The summed E-state index contributed by atoms with van der Waals surface area (Å²) < 4.78 is 5.12. The Morgan fingerprint density at radius 3 is 2.70 bits per heavy atom. The minimum atomic E-state index is -0.746. The summed E-state index contributed by atoms with van der Waals surface area (Å²) in [6.45, 7) is 0. The molecule has 0 spiro atoms. The van der Waals surface area contributed by atoms with Crippen LogP contribution in [-0.4, -0.2) is 10.9 Å². The molecular formula is C16H16O4. The topological polar surface area (TPSA) is 67.5 Å². The smallest absolute Gasteiger partial charge is 0.351 e. The van der Waals surface area contributed by atoms with Gasteiger partial charge in [-0.2, -0.15) is 0 Å². The molecule has 2 aromatic rings. The SMILES string of the molecule is O=C(CC1CCCC1)c1c(O)c2ccccc2oc1=O. The maximum Gasteiger partial charge on any atom is 0.351 e. The number of Topliss-reactive ketones (excluding diaryl/α,β-unsaturated/α-hetero) is 1. The van der Waals surface area contributed by atoms with Crippen LogP contribution in [0.1, 0.15) is 42.5 Å². The highest BCUT2D eigenvalue weighted by atomic mass is 16.4. The first-order chi connectivity index (χ1) is 9.66. The Balaban J connectivity index is 2.02. The third-order valence-corrected chi connectivity index (χ3v) is 4.01. The zero-order valence-corrected chi connectivity index (χ0v) is 11.1. The molecule has 4 heteroatoms. The Morgan fingerprint density at radius 1 is 1.25 bits per heavy atom. The first kappa shape index (κ1) is 12.9. The fraction of sp³-hybridized carbons (Fsp3) is 0.375. The molecule has 20 heavy (non-hydrogen) atoms. The number of aromatic hydroxyl groups is 1. The van der Waals surface area contributed by atoms with E-state index in [2.05, 4.69) is 0 Å². The van der Waals surface area contributed by atoms with E-state index in [-0.39, 0.29) is 17.1 Å². The number of fused-ring (bicyclic) bond motifs is 1. The number of hydrogen-bond donors (Lipinski definition) is 1. The minimum Gasteiger partial charge on any atom is -0.506 e. The van der Waals surface area contributed by atoms with Gasteiger partial charge in [0.1, 0.15) is 16.9 Å². The van der Waals surface area contributed by atoms with Crippen molar-refractivity contribution in [2.75, 3.05) is 0 Å². The minimum absolute atomic E-state index is 0.199. The van der Waals surface area contributed by atoms with Crippen LogP contribution in [0.4, 0.5) is 0 Å². The van der Waals surface area contributed by atoms with E-state index in [1.165, 1.54) is 0 Å². The summed E-state index contributed by atoms with van der Waals surface area (Å²) in [5.41, 5.74) is -0.646. The molecule has 1 saturated carbocycles. The average molecular weight is 272 g/mol. The molecule has 1 aliphatic rings. The standard InChI is InChI=1S/C16H16O4/c17-12(9-10-5-1-2-6-10)14-15(18)11-7-3-4-8-13(11)20-16(14)19/h3-4,7-8,10,18H,1-2,5-6,9H2. The lowest BCUT2D eigenvalue weighted by Gasteiger charge is -2.09. The first-order valence-corrected chi connectivity index (χ1v) is 6.95. The highest BCUT2D eigenvalue weighted by molar-refractivity contribution is 6.02. The van der Waals surface area contributed by atoms with Gasteiger partial charge in [0.25, 0.3) is 0 Å².